The molecule has 1 atom stereocenters. The molecule has 2 amide bonds. The number of aryl methyl sites for hydroxylation is 1. The number of anilines is 1. The number of hydrazine groups is 1. The summed E-state index contributed by atoms with van der Waals surface area (Å²) in [7, 11) is 0. The molecule has 0 aliphatic carbocycles. The predicted octanol–water partition coefficient (Wildman–Crippen LogP) is 4.03. The molecule has 0 radical (unpaired) electrons. The molecular formula is C21H18BrN3O4. The summed E-state index contributed by atoms with van der Waals surface area (Å²) < 4.78 is 11.7. The molecule has 2 aromatic carbocycles. The molecule has 0 bridgehead atoms. The van der Waals surface area contributed by atoms with E-state index in [1.54, 1.807) is 36.4 Å². The number of rotatable bonds is 5. The van der Waals surface area contributed by atoms with Crippen LogP contribution in [0.3, 0.4) is 0 Å². The number of nitrogens with zero attached hydrogens (tertiary/aromatic N) is 1. The van der Waals surface area contributed by atoms with Crippen LogP contribution in [-0.2, 0) is 4.79 Å². The lowest BCUT2D eigenvalue weighted by Gasteiger charge is -2.36. The van der Waals surface area contributed by atoms with E-state index in [9.17, 15) is 9.59 Å². The van der Waals surface area contributed by atoms with Crippen molar-refractivity contribution in [3.8, 4) is 5.75 Å². The zero-order valence-corrected chi connectivity index (χ0v) is 17.1. The van der Waals surface area contributed by atoms with E-state index in [0.717, 1.165) is 10.0 Å². The fourth-order valence-corrected chi connectivity index (χ4v) is 3.35. The maximum Gasteiger partial charge on any atom is 0.276 e. The Morgan fingerprint density at radius 3 is 2.76 bits per heavy atom. The molecule has 0 saturated carbocycles. The Bertz CT molecular complexity index is 1030. The maximum absolute atomic E-state index is 13.1. The van der Waals surface area contributed by atoms with Crippen LogP contribution in [0.15, 0.2) is 69.8 Å². The van der Waals surface area contributed by atoms with Gasteiger partial charge in [0, 0.05) is 10.2 Å². The first-order chi connectivity index (χ1) is 14.0. The van der Waals surface area contributed by atoms with Crippen LogP contribution in [-0.4, -0.2) is 23.4 Å². The summed E-state index contributed by atoms with van der Waals surface area (Å²) in [6.45, 7) is 1.74. The van der Waals surface area contributed by atoms with Crippen LogP contribution >= 0.6 is 15.9 Å². The van der Waals surface area contributed by atoms with E-state index < -0.39 is 12.1 Å². The summed E-state index contributed by atoms with van der Waals surface area (Å²) in [5.74, 6) is 0.248. The minimum absolute atomic E-state index is 0.233. The van der Waals surface area contributed by atoms with Crippen molar-refractivity contribution < 1.29 is 18.7 Å². The van der Waals surface area contributed by atoms with E-state index in [4.69, 9.17) is 9.15 Å². The van der Waals surface area contributed by atoms with E-state index in [-0.39, 0.29) is 12.5 Å². The monoisotopic (exact) mass is 455 g/mol. The van der Waals surface area contributed by atoms with Crippen molar-refractivity contribution in [3.05, 3.63) is 82.2 Å². The lowest BCUT2D eigenvalue weighted by atomic mass is 10.1. The number of nitrogens with one attached hydrogen (secondary N) is 2. The fourth-order valence-electron chi connectivity index (χ4n) is 2.99. The molecule has 2 N–H and O–H groups in total. The van der Waals surface area contributed by atoms with Crippen molar-refractivity contribution in [2.75, 3.05) is 11.9 Å². The van der Waals surface area contributed by atoms with Crippen molar-refractivity contribution >= 4 is 33.4 Å². The smallest absolute Gasteiger partial charge is 0.276 e. The summed E-state index contributed by atoms with van der Waals surface area (Å²) in [6, 6.07) is 16.2. The van der Waals surface area contributed by atoms with Gasteiger partial charge in [-0.15, -0.1) is 0 Å². The first kappa shape index (κ1) is 19.1. The second-order valence-corrected chi connectivity index (χ2v) is 7.48. The maximum atomic E-state index is 13.1. The largest absolute Gasteiger partial charge is 0.484 e. The standard InChI is InChI=1S/C21H18BrN3O4/c1-13-4-7-15(8-5-13)29-12-19(26)24-25-20(18-3-2-10-28-18)23-17-9-6-14(22)11-16(17)21(25)27/h2-11,20,23H,12H2,1H3,(H,24,26). The van der Waals surface area contributed by atoms with Gasteiger partial charge >= 0.3 is 0 Å². The van der Waals surface area contributed by atoms with E-state index in [1.807, 2.05) is 25.1 Å². The average Bonchev–Trinajstić information content (AvgIpc) is 3.24. The van der Waals surface area contributed by atoms with Crippen LogP contribution in [0.5, 0.6) is 5.75 Å². The third kappa shape index (κ3) is 4.12. The molecule has 3 aromatic rings. The van der Waals surface area contributed by atoms with Crippen LogP contribution in [0.25, 0.3) is 0 Å². The molecule has 2 heterocycles. The Morgan fingerprint density at radius 2 is 2.03 bits per heavy atom. The van der Waals surface area contributed by atoms with Gasteiger partial charge in [0.15, 0.2) is 12.8 Å². The van der Waals surface area contributed by atoms with E-state index >= 15 is 0 Å². The highest BCUT2D eigenvalue weighted by molar-refractivity contribution is 9.10. The normalized spacial score (nSPS) is 15.4. The molecule has 1 unspecified atom stereocenters. The minimum atomic E-state index is -0.686. The van der Waals surface area contributed by atoms with Crippen molar-refractivity contribution in [2.45, 2.75) is 13.1 Å². The lowest BCUT2D eigenvalue weighted by Crippen LogP contribution is -2.53. The van der Waals surface area contributed by atoms with Gasteiger partial charge in [-0.05, 0) is 49.4 Å². The number of halogens is 1. The van der Waals surface area contributed by atoms with Crippen molar-refractivity contribution in [3.63, 3.8) is 0 Å². The molecule has 1 aliphatic heterocycles. The quantitative estimate of drug-likeness (QED) is 0.606. The van der Waals surface area contributed by atoms with Crippen molar-refractivity contribution in [1.29, 1.82) is 0 Å². The summed E-state index contributed by atoms with van der Waals surface area (Å²) in [6.07, 6.45) is 0.827. The van der Waals surface area contributed by atoms with Gasteiger partial charge < -0.3 is 14.5 Å². The molecule has 4 rings (SSSR count). The van der Waals surface area contributed by atoms with E-state index in [2.05, 4.69) is 26.7 Å². The molecule has 1 aromatic heterocycles. The molecule has 148 valence electrons. The van der Waals surface area contributed by atoms with Crippen LogP contribution in [0.4, 0.5) is 5.69 Å². The third-order valence-corrected chi connectivity index (χ3v) is 4.92. The summed E-state index contributed by atoms with van der Waals surface area (Å²) >= 11 is 3.37. The summed E-state index contributed by atoms with van der Waals surface area (Å²) in [5.41, 5.74) is 4.81. The van der Waals surface area contributed by atoms with Crippen molar-refractivity contribution in [1.82, 2.24) is 10.4 Å². The predicted molar refractivity (Wildman–Crippen MR) is 110 cm³/mol. The zero-order chi connectivity index (χ0) is 20.4. The third-order valence-electron chi connectivity index (χ3n) is 4.43. The van der Waals surface area contributed by atoms with Gasteiger partial charge in [-0.1, -0.05) is 33.6 Å². The summed E-state index contributed by atoms with van der Waals surface area (Å²) in [4.78, 5) is 25.6. The number of fused-ring (bicyclic) bond motifs is 1. The average molecular weight is 456 g/mol. The molecule has 0 saturated heterocycles. The Balaban J connectivity index is 1.53. The number of hydrogen-bond acceptors (Lipinski definition) is 5. The Hall–Kier alpha value is -3.26. The van der Waals surface area contributed by atoms with Gasteiger partial charge in [0.1, 0.15) is 11.5 Å². The Kier molecular flexibility index (Phi) is 5.26. The number of hydrogen-bond donors (Lipinski definition) is 2. The number of benzene rings is 2. The fraction of sp³-hybridized carbons (Fsp3) is 0.143. The van der Waals surface area contributed by atoms with E-state index in [0.29, 0.717) is 22.8 Å². The van der Waals surface area contributed by atoms with Gasteiger partial charge in [0.05, 0.1) is 11.8 Å². The van der Waals surface area contributed by atoms with Crippen LogP contribution in [0.2, 0.25) is 0 Å². The second kappa shape index (κ2) is 8.00. The van der Waals surface area contributed by atoms with Crippen LogP contribution < -0.4 is 15.5 Å². The van der Waals surface area contributed by atoms with Gasteiger partial charge in [-0.25, -0.2) is 5.01 Å². The number of amides is 2. The topological polar surface area (TPSA) is 83.8 Å². The molecule has 7 nitrogen and oxygen atoms in total. The summed E-state index contributed by atoms with van der Waals surface area (Å²) in [5, 5.41) is 4.44. The van der Waals surface area contributed by atoms with Crippen LogP contribution in [0, 0.1) is 6.92 Å². The molecule has 8 heteroatoms. The van der Waals surface area contributed by atoms with E-state index in [1.165, 1.54) is 11.3 Å². The van der Waals surface area contributed by atoms with Crippen LogP contribution in [0.1, 0.15) is 27.8 Å². The molecule has 0 spiro atoms. The highest BCUT2D eigenvalue weighted by Crippen LogP contribution is 2.33. The second-order valence-electron chi connectivity index (χ2n) is 6.56. The van der Waals surface area contributed by atoms with Gasteiger partial charge in [0.2, 0.25) is 0 Å². The molecule has 0 fully saturated rings. The minimum Gasteiger partial charge on any atom is -0.484 e. The number of carbonyl (C=O) groups excluding carboxylic acids is 2. The van der Waals surface area contributed by atoms with Crippen molar-refractivity contribution in [2.24, 2.45) is 0 Å². The number of ether oxygens (including phenoxy) is 1. The Labute approximate surface area is 175 Å². The first-order valence-electron chi connectivity index (χ1n) is 8.93. The highest BCUT2D eigenvalue weighted by Gasteiger charge is 2.36. The first-order valence-corrected chi connectivity index (χ1v) is 9.72. The van der Waals surface area contributed by atoms with Gasteiger partial charge in [-0.3, -0.25) is 15.0 Å². The number of furan rings is 1. The Morgan fingerprint density at radius 1 is 1.24 bits per heavy atom. The van der Waals surface area contributed by atoms with Gasteiger partial charge in [-0.2, -0.15) is 0 Å². The lowest BCUT2D eigenvalue weighted by molar-refractivity contribution is -0.127. The number of carbonyl (C=O) groups is 2. The molecular weight excluding hydrogens is 438 g/mol. The van der Waals surface area contributed by atoms with Gasteiger partial charge in [0.25, 0.3) is 11.8 Å². The highest BCUT2D eigenvalue weighted by atomic mass is 79.9. The zero-order valence-electron chi connectivity index (χ0n) is 15.5. The molecule has 29 heavy (non-hydrogen) atoms. The SMILES string of the molecule is Cc1ccc(OCC(=O)NN2C(=O)c3cc(Br)ccc3NC2c2ccco2)cc1. The molecule has 1 aliphatic rings.